The van der Waals surface area contributed by atoms with Crippen molar-refractivity contribution in [2.45, 2.75) is 0 Å². The van der Waals surface area contributed by atoms with Crippen molar-refractivity contribution < 1.29 is 8.42 Å². The van der Waals surface area contributed by atoms with Gasteiger partial charge in [0.1, 0.15) is 5.21 Å². The van der Waals surface area contributed by atoms with Gasteiger partial charge in [-0.15, -0.1) is 11.6 Å². The minimum atomic E-state index is -3.49. The maximum atomic E-state index is 11.4. The second-order valence-corrected chi connectivity index (χ2v) is 5.44. The molecule has 0 heterocycles. The highest BCUT2D eigenvalue weighted by Crippen LogP contribution is 2.18. The van der Waals surface area contributed by atoms with Gasteiger partial charge in [-0.1, -0.05) is 6.07 Å². The number of nitriles is 1. The summed E-state index contributed by atoms with van der Waals surface area (Å²) >= 11 is 5.32. The van der Waals surface area contributed by atoms with Gasteiger partial charge in [-0.3, -0.25) is 4.31 Å². The summed E-state index contributed by atoms with van der Waals surface area (Å²) in [5.41, 5.74) is 0.832. The molecule has 0 fully saturated rings. The molecule has 0 aromatic heterocycles. The van der Waals surface area contributed by atoms with Crippen molar-refractivity contribution in [3.63, 3.8) is 0 Å². The average Bonchev–Trinajstić information content (AvgIpc) is 2.28. The molecule has 0 atom stereocenters. The van der Waals surface area contributed by atoms with Crippen molar-refractivity contribution in [1.82, 2.24) is 0 Å². The van der Waals surface area contributed by atoms with E-state index >= 15 is 0 Å². The van der Waals surface area contributed by atoms with Crippen LogP contribution in [0.5, 0.6) is 0 Å². The van der Waals surface area contributed by atoms with E-state index in [2.05, 4.69) is 0 Å². The van der Waals surface area contributed by atoms with Crippen LogP contribution in [0.3, 0.4) is 0 Å². The molecule has 0 unspecified atom stereocenters. The van der Waals surface area contributed by atoms with Gasteiger partial charge in [0.2, 0.25) is 10.0 Å². The molecule has 0 saturated carbocycles. The van der Waals surface area contributed by atoms with Gasteiger partial charge in [0.25, 0.3) is 0 Å². The molecule has 1 aromatic rings. The number of alkyl halides is 1. The predicted molar refractivity (Wildman–Crippen MR) is 59.2 cm³/mol. The van der Waals surface area contributed by atoms with Crippen molar-refractivity contribution in [2.75, 3.05) is 16.6 Å². The maximum absolute atomic E-state index is 11.4. The standard InChI is InChI=1S/C9H9ClN2O2S/c1-12(15(13,14)7-10)9-4-2-3-8(5-9)6-11/h2-5H,7H2,1H3. The van der Waals surface area contributed by atoms with Crippen molar-refractivity contribution in [3.8, 4) is 6.07 Å². The Morgan fingerprint density at radius 1 is 1.53 bits per heavy atom. The predicted octanol–water partition coefficient (Wildman–Crippen LogP) is 1.52. The number of rotatable bonds is 3. The molecule has 6 heteroatoms. The summed E-state index contributed by atoms with van der Waals surface area (Å²) in [6.07, 6.45) is 0. The lowest BCUT2D eigenvalue weighted by Gasteiger charge is -2.17. The largest absolute Gasteiger partial charge is 0.272 e. The van der Waals surface area contributed by atoms with Gasteiger partial charge >= 0.3 is 0 Å². The van der Waals surface area contributed by atoms with Crippen LogP contribution < -0.4 is 4.31 Å². The quantitative estimate of drug-likeness (QED) is 0.758. The van der Waals surface area contributed by atoms with Crippen molar-refractivity contribution in [1.29, 1.82) is 5.26 Å². The second-order valence-electron chi connectivity index (χ2n) is 2.85. The highest BCUT2D eigenvalue weighted by molar-refractivity contribution is 7.93. The Balaban J connectivity index is 3.13. The van der Waals surface area contributed by atoms with E-state index in [0.717, 1.165) is 4.31 Å². The van der Waals surface area contributed by atoms with Gasteiger partial charge in [-0.2, -0.15) is 5.26 Å². The van der Waals surface area contributed by atoms with Gasteiger partial charge in [-0.05, 0) is 18.2 Å². The van der Waals surface area contributed by atoms with Crippen LogP contribution in [-0.2, 0) is 10.0 Å². The molecule has 80 valence electrons. The topological polar surface area (TPSA) is 61.2 Å². The molecule has 0 saturated heterocycles. The van der Waals surface area contributed by atoms with Crippen LogP contribution in [0.25, 0.3) is 0 Å². The first-order chi connectivity index (χ1) is 7.01. The van der Waals surface area contributed by atoms with E-state index in [-0.39, 0.29) is 0 Å². The molecule has 15 heavy (non-hydrogen) atoms. The zero-order chi connectivity index (χ0) is 11.5. The van der Waals surface area contributed by atoms with E-state index in [1.807, 2.05) is 6.07 Å². The molecule has 4 nitrogen and oxygen atoms in total. The summed E-state index contributed by atoms with van der Waals surface area (Å²) in [5, 5.41) is 8.17. The van der Waals surface area contributed by atoms with Gasteiger partial charge in [0.05, 0.1) is 17.3 Å². The van der Waals surface area contributed by atoms with E-state index in [1.165, 1.54) is 13.1 Å². The number of nitrogens with zero attached hydrogens (tertiary/aromatic N) is 2. The first kappa shape index (κ1) is 11.8. The fourth-order valence-electron chi connectivity index (χ4n) is 1.01. The SMILES string of the molecule is CN(c1cccc(C#N)c1)S(=O)(=O)CCl. The number of anilines is 1. The van der Waals surface area contributed by atoms with Crippen LogP contribution in [0.2, 0.25) is 0 Å². The molecule has 0 spiro atoms. The maximum Gasteiger partial charge on any atom is 0.248 e. The number of hydrogen-bond donors (Lipinski definition) is 0. The Kier molecular flexibility index (Phi) is 3.56. The lowest BCUT2D eigenvalue weighted by Crippen LogP contribution is -2.27. The molecular formula is C9H9ClN2O2S. The monoisotopic (exact) mass is 244 g/mol. The summed E-state index contributed by atoms with van der Waals surface area (Å²) in [6.45, 7) is 0. The normalized spacial score (nSPS) is 10.7. The summed E-state index contributed by atoms with van der Waals surface area (Å²) in [5.74, 6) is 0. The van der Waals surface area contributed by atoms with Gasteiger partial charge in [0, 0.05) is 7.05 Å². The van der Waals surface area contributed by atoms with Gasteiger partial charge < -0.3 is 0 Å². The molecule has 0 N–H and O–H groups in total. The molecular weight excluding hydrogens is 236 g/mol. The number of benzene rings is 1. The third-order valence-corrected chi connectivity index (χ3v) is 4.04. The minimum absolute atomic E-state index is 0.407. The number of sulfonamides is 1. The van der Waals surface area contributed by atoms with Crippen LogP contribution in [0, 0.1) is 11.3 Å². The van der Waals surface area contributed by atoms with E-state index in [0.29, 0.717) is 11.3 Å². The smallest absolute Gasteiger partial charge is 0.248 e. The van der Waals surface area contributed by atoms with Crippen LogP contribution >= 0.6 is 11.6 Å². The van der Waals surface area contributed by atoms with E-state index in [9.17, 15) is 8.42 Å². The third kappa shape index (κ3) is 2.61. The molecule has 1 aromatic carbocycles. The molecule has 1 rings (SSSR count). The van der Waals surface area contributed by atoms with Crippen LogP contribution in [0.4, 0.5) is 5.69 Å². The number of hydrogen-bond acceptors (Lipinski definition) is 3. The Morgan fingerprint density at radius 2 is 2.20 bits per heavy atom. The minimum Gasteiger partial charge on any atom is -0.272 e. The molecule has 0 bridgehead atoms. The van der Waals surface area contributed by atoms with Crippen LogP contribution in [0.15, 0.2) is 24.3 Å². The molecule has 0 amide bonds. The van der Waals surface area contributed by atoms with Gasteiger partial charge in [0.15, 0.2) is 0 Å². The van der Waals surface area contributed by atoms with Crippen molar-refractivity contribution in [2.24, 2.45) is 0 Å². The van der Waals surface area contributed by atoms with E-state index < -0.39 is 15.2 Å². The summed E-state index contributed by atoms with van der Waals surface area (Å²) < 4.78 is 23.9. The zero-order valence-corrected chi connectivity index (χ0v) is 9.59. The second kappa shape index (κ2) is 4.51. The lowest BCUT2D eigenvalue weighted by molar-refractivity contribution is 0.599. The Bertz CT molecular complexity index is 493. The first-order valence-corrected chi connectivity index (χ1v) is 6.18. The highest BCUT2D eigenvalue weighted by Gasteiger charge is 2.16. The molecule has 0 radical (unpaired) electrons. The van der Waals surface area contributed by atoms with Gasteiger partial charge in [-0.25, -0.2) is 8.42 Å². The Morgan fingerprint density at radius 3 is 2.73 bits per heavy atom. The summed E-state index contributed by atoms with van der Waals surface area (Å²) in [7, 11) is -2.09. The fraction of sp³-hybridized carbons (Fsp3) is 0.222. The average molecular weight is 245 g/mol. The fourth-order valence-corrected chi connectivity index (χ4v) is 2.03. The molecule has 0 aliphatic heterocycles. The lowest BCUT2D eigenvalue weighted by atomic mass is 10.2. The van der Waals surface area contributed by atoms with E-state index in [4.69, 9.17) is 16.9 Å². The van der Waals surface area contributed by atoms with Crippen molar-refractivity contribution in [3.05, 3.63) is 29.8 Å². The molecule has 0 aliphatic rings. The first-order valence-electron chi connectivity index (χ1n) is 4.04. The van der Waals surface area contributed by atoms with Crippen LogP contribution in [-0.4, -0.2) is 20.7 Å². The summed E-state index contributed by atoms with van der Waals surface area (Å²) in [6, 6.07) is 8.25. The highest BCUT2D eigenvalue weighted by atomic mass is 35.5. The Hall–Kier alpha value is -1.25. The van der Waals surface area contributed by atoms with Crippen molar-refractivity contribution >= 4 is 27.3 Å². The van der Waals surface area contributed by atoms with Crippen LogP contribution in [0.1, 0.15) is 5.56 Å². The van der Waals surface area contributed by atoms with E-state index in [1.54, 1.807) is 18.2 Å². The third-order valence-electron chi connectivity index (χ3n) is 1.89. The Labute approximate surface area is 93.7 Å². The summed E-state index contributed by atoms with van der Waals surface area (Å²) in [4.78, 5) is 0. The number of halogens is 1. The zero-order valence-electron chi connectivity index (χ0n) is 8.01. The molecule has 0 aliphatic carbocycles.